The molecular weight excluding hydrogens is 288 g/mol. The highest BCUT2D eigenvalue weighted by Gasteiger charge is 2.26. The molecule has 1 N–H and O–H groups in total. The summed E-state index contributed by atoms with van der Waals surface area (Å²) in [6.07, 6.45) is 14.1. The number of rotatable bonds is 4. The summed E-state index contributed by atoms with van der Waals surface area (Å²) in [7, 11) is 0. The van der Waals surface area contributed by atoms with Gasteiger partial charge in [-0.1, -0.05) is 26.2 Å². The van der Waals surface area contributed by atoms with Crippen LogP contribution in [0.3, 0.4) is 0 Å². The van der Waals surface area contributed by atoms with Crippen LogP contribution in [0.4, 0.5) is 5.95 Å². The van der Waals surface area contributed by atoms with Crippen LogP contribution in [0.2, 0.25) is 0 Å². The predicted molar refractivity (Wildman–Crippen MR) is 91.5 cm³/mol. The molecule has 1 aromatic heterocycles. The van der Waals surface area contributed by atoms with Crippen molar-refractivity contribution in [3.8, 4) is 0 Å². The summed E-state index contributed by atoms with van der Waals surface area (Å²) in [6.45, 7) is 3.02. The summed E-state index contributed by atoms with van der Waals surface area (Å²) in [5, 5.41) is 3.40. The molecule has 0 bridgehead atoms. The molecule has 1 amide bonds. The number of amides is 1. The summed E-state index contributed by atoms with van der Waals surface area (Å²) < 4.78 is 0. The van der Waals surface area contributed by atoms with Crippen LogP contribution in [0.1, 0.15) is 75.1 Å². The first-order valence-electron chi connectivity index (χ1n) is 9.17. The van der Waals surface area contributed by atoms with E-state index in [-0.39, 0.29) is 5.91 Å². The maximum atomic E-state index is 12.7. The predicted octanol–water partition coefficient (Wildman–Crippen LogP) is 3.63. The van der Waals surface area contributed by atoms with Gasteiger partial charge < -0.3 is 10.2 Å². The van der Waals surface area contributed by atoms with Gasteiger partial charge in [0.05, 0.1) is 5.56 Å². The van der Waals surface area contributed by atoms with Crippen molar-refractivity contribution < 1.29 is 4.79 Å². The van der Waals surface area contributed by atoms with Crippen LogP contribution in [0.25, 0.3) is 0 Å². The second-order valence-electron chi connectivity index (χ2n) is 6.83. The molecule has 1 saturated carbocycles. The third kappa shape index (κ3) is 4.01. The lowest BCUT2D eigenvalue weighted by Crippen LogP contribution is -2.43. The van der Waals surface area contributed by atoms with Gasteiger partial charge in [-0.25, -0.2) is 9.97 Å². The molecule has 0 aromatic carbocycles. The van der Waals surface area contributed by atoms with Crippen LogP contribution in [0.5, 0.6) is 0 Å². The van der Waals surface area contributed by atoms with Crippen LogP contribution in [-0.4, -0.2) is 39.4 Å². The fourth-order valence-electron chi connectivity index (χ4n) is 3.80. The Kier molecular flexibility index (Phi) is 5.47. The molecule has 1 atom stereocenters. The normalized spacial score (nSPS) is 22.8. The quantitative estimate of drug-likeness (QED) is 0.921. The summed E-state index contributed by atoms with van der Waals surface area (Å²) in [4.78, 5) is 23.4. The van der Waals surface area contributed by atoms with Crippen LogP contribution in [0.15, 0.2) is 12.4 Å². The number of hydrogen-bond acceptors (Lipinski definition) is 4. The molecule has 5 heteroatoms. The Morgan fingerprint density at radius 3 is 2.52 bits per heavy atom. The van der Waals surface area contributed by atoms with Gasteiger partial charge in [0, 0.05) is 31.0 Å². The van der Waals surface area contributed by atoms with Gasteiger partial charge in [-0.3, -0.25) is 4.79 Å². The van der Waals surface area contributed by atoms with Gasteiger partial charge in [0.25, 0.3) is 5.91 Å². The molecule has 1 aliphatic carbocycles. The minimum atomic E-state index is 0.0840. The number of nitrogens with one attached hydrogen (secondary N) is 1. The highest BCUT2D eigenvalue weighted by molar-refractivity contribution is 5.94. The van der Waals surface area contributed by atoms with Crippen molar-refractivity contribution in [3.05, 3.63) is 18.0 Å². The van der Waals surface area contributed by atoms with Crippen molar-refractivity contribution in [1.29, 1.82) is 0 Å². The Labute approximate surface area is 138 Å². The van der Waals surface area contributed by atoms with Crippen molar-refractivity contribution in [1.82, 2.24) is 14.9 Å². The molecule has 2 aliphatic rings. The summed E-state index contributed by atoms with van der Waals surface area (Å²) in [5.41, 5.74) is 0.611. The number of likely N-dealkylation sites (tertiary alicyclic amines) is 1. The van der Waals surface area contributed by atoms with Gasteiger partial charge in [0.15, 0.2) is 0 Å². The molecule has 2 heterocycles. The Bertz CT molecular complexity index is 510. The average molecular weight is 316 g/mol. The third-order valence-corrected chi connectivity index (χ3v) is 5.20. The number of nitrogens with zero attached hydrogens (tertiary/aromatic N) is 3. The first kappa shape index (κ1) is 16.2. The molecule has 1 saturated heterocycles. The van der Waals surface area contributed by atoms with Gasteiger partial charge >= 0.3 is 0 Å². The highest BCUT2D eigenvalue weighted by Crippen LogP contribution is 2.22. The van der Waals surface area contributed by atoms with Crippen LogP contribution in [0, 0.1) is 0 Å². The van der Waals surface area contributed by atoms with E-state index in [0.717, 1.165) is 25.8 Å². The molecule has 1 aromatic rings. The number of carbonyl (C=O) groups is 1. The minimum Gasteiger partial charge on any atom is -0.351 e. The van der Waals surface area contributed by atoms with Crippen LogP contribution in [-0.2, 0) is 0 Å². The molecule has 3 rings (SSSR count). The van der Waals surface area contributed by atoms with Crippen LogP contribution < -0.4 is 5.32 Å². The molecule has 2 fully saturated rings. The SMILES string of the molecule is CCC1CCCCN1C(=O)c1cnc(NC2CCCCC2)nc1. The maximum Gasteiger partial charge on any atom is 0.257 e. The molecule has 5 nitrogen and oxygen atoms in total. The topological polar surface area (TPSA) is 58.1 Å². The van der Waals surface area contributed by atoms with Gasteiger partial charge in [-0.15, -0.1) is 0 Å². The summed E-state index contributed by atoms with van der Waals surface area (Å²) in [6, 6.07) is 0.855. The number of anilines is 1. The smallest absolute Gasteiger partial charge is 0.257 e. The third-order valence-electron chi connectivity index (χ3n) is 5.20. The molecule has 1 aliphatic heterocycles. The van der Waals surface area contributed by atoms with E-state index in [0.29, 0.717) is 23.6 Å². The van der Waals surface area contributed by atoms with Crippen molar-refractivity contribution in [2.24, 2.45) is 0 Å². The Balaban J connectivity index is 1.62. The average Bonchev–Trinajstić information content (AvgIpc) is 2.62. The van der Waals surface area contributed by atoms with Gasteiger partial charge in [0.2, 0.25) is 5.95 Å². The van der Waals surface area contributed by atoms with Gasteiger partial charge in [0.1, 0.15) is 0 Å². The molecular formula is C18H28N4O. The van der Waals surface area contributed by atoms with Crippen molar-refractivity contribution in [2.45, 2.75) is 76.8 Å². The van der Waals surface area contributed by atoms with E-state index in [2.05, 4.69) is 22.2 Å². The minimum absolute atomic E-state index is 0.0840. The molecule has 0 radical (unpaired) electrons. The Morgan fingerprint density at radius 2 is 1.83 bits per heavy atom. The second-order valence-corrected chi connectivity index (χ2v) is 6.83. The molecule has 0 spiro atoms. The lowest BCUT2D eigenvalue weighted by Gasteiger charge is -2.35. The van der Waals surface area contributed by atoms with E-state index < -0.39 is 0 Å². The Morgan fingerprint density at radius 1 is 1.13 bits per heavy atom. The second kappa shape index (κ2) is 7.75. The standard InChI is InChI=1S/C18H28N4O/c1-2-16-10-6-7-11-22(16)17(23)14-12-19-18(20-13-14)21-15-8-4-3-5-9-15/h12-13,15-16H,2-11H2,1H3,(H,19,20,21). The lowest BCUT2D eigenvalue weighted by molar-refractivity contribution is 0.0607. The van der Waals surface area contributed by atoms with E-state index in [4.69, 9.17) is 0 Å². The zero-order valence-electron chi connectivity index (χ0n) is 14.1. The van der Waals surface area contributed by atoms with E-state index in [9.17, 15) is 4.79 Å². The largest absolute Gasteiger partial charge is 0.351 e. The number of carbonyl (C=O) groups excluding carboxylic acids is 1. The first-order valence-corrected chi connectivity index (χ1v) is 9.17. The van der Waals surface area contributed by atoms with E-state index in [1.807, 2.05) is 4.90 Å². The monoisotopic (exact) mass is 316 g/mol. The van der Waals surface area contributed by atoms with E-state index in [1.165, 1.54) is 38.5 Å². The van der Waals surface area contributed by atoms with Crippen molar-refractivity contribution in [2.75, 3.05) is 11.9 Å². The van der Waals surface area contributed by atoms with E-state index in [1.54, 1.807) is 12.4 Å². The van der Waals surface area contributed by atoms with Crippen LogP contribution >= 0.6 is 0 Å². The fourth-order valence-corrected chi connectivity index (χ4v) is 3.80. The number of piperidine rings is 1. The van der Waals surface area contributed by atoms with Crippen molar-refractivity contribution >= 4 is 11.9 Å². The first-order chi connectivity index (χ1) is 11.3. The number of aromatic nitrogens is 2. The lowest BCUT2D eigenvalue weighted by atomic mass is 9.96. The zero-order valence-corrected chi connectivity index (χ0v) is 14.1. The molecule has 1 unspecified atom stereocenters. The van der Waals surface area contributed by atoms with Gasteiger partial charge in [-0.2, -0.15) is 0 Å². The molecule has 126 valence electrons. The highest BCUT2D eigenvalue weighted by atomic mass is 16.2. The summed E-state index contributed by atoms with van der Waals surface area (Å²) >= 11 is 0. The Hall–Kier alpha value is -1.65. The number of hydrogen-bond donors (Lipinski definition) is 1. The zero-order chi connectivity index (χ0) is 16.1. The van der Waals surface area contributed by atoms with E-state index >= 15 is 0 Å². The van der Waals surface area contributed by atoms with Gasteiger partial charge in [-0.05, 0) is 38.5 Å². The fraction of sp³-hybridized carbons (Fsp3) is 0.722. The summed E-state index contributed by atoms with van der Waals surface area (Å²) in [5.74, 6) is 0.736. The maximum absolute atomic E-state index is 12.7. The van der Waals surface area contributed by atoms with Crippen molar-refractivity contribution in [3.63, 3.8) is 0 Å². The molecule has 23 heavy (non-hydrogen) atoms.